The molecule has 1 fully saturated rings. The zero-order chi connectivity index (χ0) is 38.1. The highest BCUT2D eigenvalue weighted by atomic mass is 32.2. The van der Waals surface area contributed by atoms with Crippen molar-refractivity contribution in [1.29, 1.82) is 0 Å². The summed E-state index contributed by atoms with van der Waals surface area (Å²) in [6, 6.07) is 39.6. The van der Waals surface area contributed by atoms with Crippen LogP contribution in [0.4, 0.5) is 11.4 Å². The maximum Gasteiger partial charge on any atom is 0.274 e. The van der Waals surface area contributed by atoms with Crippen LogP contribution in [0.1, 0.15) is 33.8 Å². The zero-order valence-corrected chi connectivity index (χ0v) is 32.1. The summed E-state index contributed by atoms with van der Waals surface area (Å²) < 4.78 is 28.9. The number of nitro groups is 1. The summed E-state index contributed by atoms with van der Waals surface area (Å²) in [7, 11) is -0.519. The molecule has 6 rings (SSSR count). The van der Waals surface area contributed by atoms with Gasteiger partial charge in [0.05, 0.1) is 9.82 Å². The van der Waals surface area contributed by atoms with E-state index in [0.717, 1.165) is 49.4 Å². The second-order valence-corrected chi connectivity index (χ2v) is 16.5. The number of carbonyl (C=O) groups is 1. The minimum absolute atomic E-state index is 0.173. The quantitative estimate of drug-likeness (QED) is 0.0657. The molecule has 280 valence electrons. The lowest BCUT2D eigenvalue weighted by atomic mass is 9.95. The fraction of sp³-hybridized carbons (Fsp3) is 0.262. The summed E-state index contributed by atoms with van der Waals surface area (Å²) in [6.07, 6.45) is 0.645. The Kier molecular flexibility index (Phi) is 12.8. The van der Waals surface area contributed by atoms with Gasteiger partial charge >= 0.3 is 0 Å². The third-order valence-electron chi connectivity index (χ3n) is 9.60. The Hall–Kier alpha value is -5.01. The molecule has 5 aromatic rings. The van der Waals surface area contributed by atoms with Crippen molar-refractivity contribution in [2.24, 2.45) is 0 Å². The Morgan fingerprint density at radius 1 is 0.833 bits per heavy atom. The minimum Gasteiger partial charge on any atom is -0.369 e. The molecule has 12 heteroatoms. The van der Waals surface area contributed by atoms with E-state index < -0.39 is 20.9 Å². The Labute approximate surface area is 322 Å². The zero-order valence-electron chi connectivity index (χ0n) is 30.5. The van der Waals surface area contributed by atoms with Crippen LogP contribution in [0.3, 0.4) is 0 Å². The number of nitrogens with one attached hydrogen (secondary N) is 1. The second kappa shape index (κ2) is 17.9. The highest BCUT2D eigenvalue weighted by molar-refractivity contribution is 7.99. The third-order valence-corrected chi connectivity index (χ3v) is 12.1. The Morgan fingerprint density at radius 3 is 2.17 bits per heavy atom. The summed E-state index contributed by atoms with van der Waals surface area (Å²) >= 11 is 1.60. The Balaban J connectivity index is 1.07. The monoisotopic (exact) mass is 763 g/mol. The standard InChI is InChI=1S/C42H45N5O5S2/c1-44(2)23-22-36(31-53-38-14-7-4-8-15-38)40-21-20-39(29-41(40)47(49)50)54(51,52)43-42(48)34-16-18-37(19-17-34)46-26-24-45(25-27-46)30-32-10-9-13-35(28-32)33-11-5-3-6-12-33/h3-21,28-29,36H,22-27,30-31H2,1-2H3,(H,43,48)/t36-/m0/s1. The molecule has 0 aliphatic carbocycles. The number of nitrogens with zero attached hydrogens (tertiary/aromatic N) is 4. The van der Waals surface area contributed by atoms with E-state index in [0.29, 0.717) is 24.3 Å². The van der Waals surface area contributed by atoms with Crippen molar-refractivity contribution >= 4 is 39.1 Å². The van der Waals surface area contributed by atoms with Crippen LogP contribution >= 0.6 is 11.8 Å². The molecule has 1 heterocycles. The first-order chi connectivity index (χ1) is 26.1. The predicted octanol–water partition coefficient (Wildman–Crippen LogP) is 7.53. The molecule has 1 aliphatic rings. The molecule has 5 aromatic carbocycles. The fourth-order valence-electron chi connectivity index (χ4n) is 6.62. The summed E-state index contributed by atoms with van der Waals surface area (Å²) in [5.74, 6) is -0.432. The van der Waals surface area contributed by atoms with E-state index >= 15 is 0 Å². The molecule has 0 aromatic heterocycles. The van der Waals surface area contributed by atoms with E-state index in [-0.39, 0.29) is 22.1 Å². The number of piperazine rings is 1. The number of nitro benzene ring substituents is 1. The van der Waals surface area contributed by atoms with E-state index in [1.165, 1.54) is 28.8 Å². The van der Waals surface area contributed by atoms with Gasteiger partial charge < -0.3 is 9.80 Å². The van der Waals surface area contributed by atoms with Crippen LogP contribution in [0.5, 0.6) is 0 Å². The molecular weight excluding hydrogens is 719 g/mol. The summed E-state index contributed by atoms with van der Waals surface area (Å²) in [6.45, 7) is 4.94. The highest BCUT2D eigenvalue weighted by Gasteiger charge is 2.28. The molecule has 1 aliphatic heterocycles. The lowest BCUT2D eigenvalue weighted by Crippen LogP contribution is -2.46. The first-order valence-electron chi connectivity index (χ1n) is 18.0. The van der Waals surface area contributed by atoms with E-state index in [4.69, 9.17) is 0 Å². The maximum absolute atomic E-state index is 13.4. The Morgan fingerprint density at radius 2 is 1.50 bits per heavy atom. The number of thioether (sulfide) groups is 1. The van der Waals surface area contributed by atoms with Crippen LogP contribution in [0, 0.1) is 10.1 Å². The molecule has 0 saturated carbocycles. The topological polar surface area (TPSA) is 116 Å². The van der Waals surface area contributed by atoms with Gasteiger partial charge in [-0.25, -0.2) is 13.1 Å². The van der Waals surface area contributed by atoms with E-state index in [2.05, 4.69) is 50.9 Å². The lowest BCUT2D eigenvalue weighted by molar-refractivity contribution is -0.385. The molecule has 0 bridgehead atoms. The first-order valence-corrected chi connectivity index (χ1v) is 20.4. The second-order valence-electron chi connectivity index (χ2n) is 13.7. The van der Waals surface area contributed by atoms with E-state index in [9.17, 15) is 23.3 Å². The molecule has 1 N–H and O–H groups in total. The van der Waals surface area contributed by atoms with Crippen molar-refractivity contribution in [3.63, 3.8) is 0 Å². The van der Waals surface area contributed by atoms with Crippen molar-refractivity contribution < 1.29 is 18.1 Å². The summed E-state index contributed by atoms with van der Waals surface area (Å²) in [5, 5.41) is 12.3. The van der Waals surface area contributed by atoms with Gasteiger partial charge in [0.25, 0.3) is 21.6 Å². The van der Waals surface area contributed by atoms with Gasteiger partial charge in [0.15, 0.2) is 0 Å². The van der Waals surface area contributed by atoms with Crippen molar-refractivity contribution in [2.45, 2.75) is 28.7 Å². The van der Waals surface area contributed by atoms with Gasteiger partial charge in [0.2, 0.25) is 0 Å². The van der Waals surface area contributed by atoms with Gasteiger partial charge in [-0.1, -0.05) is 72.8 Å². The molecule has 1 amide bonds. The number of anilines is 1. The average Bonchev–Trinajstić information content (AvgIpc) is 3.18. The van der Waals surface area contributed by atoms with Crippen LogP contribution in [-0.2, 0) is 16.6 Å². The lowest BCUT2D eigenvalue weighted by Gasteiger charge is -2.36. The van der Waals surface area contributed by atoms with Crippen LogP contribution < -0.4 is 9.62 Å². The predicted molar refractivity (Wildman–Crippen MR) is 217 cm³/mol. The minimum atomic E-state index is -4.40. The van der Waals surface area contributed by atoms with Gasteiger partial charge in [-0.15, -0.1) is 11.8 Å². The van der Waals surface area contributed by atoms with Crippen molar-refractivity contribution in [3.05, 3.63) is 154 Å². The number of hydrogen-bond donors (Lipinski definition) is 1. The van der Waals surface area contributed by atoms with Gasteiger partial charge in [-0.05, 0) is 92.3 Å². The number of carbonyl (C=O) groups excluding carboxylic acids is 1. The van der Waals surface area contributed by atoms with Gasteiger partial charge in [0.1, 0.15) is 0 Å². The number of sulfonamides is 1. The molecule has 54 heavy (non-hydrogen) atoms. The van der Waals surface area contributed by atoms with Crippen molar-refractivity contribution in [2.75, 3.05) is 57.5 Å². The smallest absolute Gasteiger partial charge is 0.274 e. The van der Waals surface area contributed by atoms with Crippen LogP contribution in [0.15, 0.2) is 137 Å². The molecule has 0 unspecified atom stereocenters. The van der Waals surface area contributed by atoms with Gasteiger partial charge in [-0.3, -0.25) is 19.8 Å². The largest absolute Gasteiger partial charge is 0.369 e. The SMILES string of the molecule is CN(C)CC[C@@H](CSc1ccccc1)c1ccc(S(=O)(=O)NC(=O)c2ccc(N3CCN(Cc4cccc(-c5ccccc5)c4)CC3)cc2)cc1[N+](=O)[O-]. The van der Waals surface area contributed by atoms with Crippen molar-refractivity contribution in [1.82, 2.24) is 14.5 Å². The Bertz CT molecular complexity index is 2140. The highest BCUT2D eigenvalue weighted by Crippen LogP contribution is 2.35. The van der Waals surface area contributed by atoms with Crippen LogP contribution in [0.25, 0.3) is 11.1 Å². The molecule has 10 nitrogen and oxygen atoms in total. The van der Waals surface area contributed by atoms with E-state index in [1.54, 1.807) is 23.9 Å². The number of amides is 1. The number of benzene rings is 5. The molecule has 0 spiro atoms. The van der Waals surface area contributed by atoms with Gasteiger partial charge in [0, 0.05) is 72.2 Å². The maximum atomic E-state index is 13.4. The number of hydrogen-bond acceptors (Lipinski definition) is 9. The first kappa shape index (κ1) is 38.7. The summed E-state index contributed by atoms with van der Waals surface area (Å²) in [4.78, 5) is 32.3. The third kappa shape index (κ3) is 10.1. The average molecular weight is 764 g/mol. The summed E-state index contributed by atoms with van der Waals surface area (Å²) in [5.41, 5.74) is 4.97. The van der Waals surface area contributed by atoms with Gasteiger partial charge in [-0.2, -0.15) is 0 Å². The van der Waals surface area contributed by atoms with E-state index in [1.807, 2.05) is 79.7 Å². The number of rotatable bonds is 15. The molecule has 1 atom stereocenters. The van der Waals surface area contributed by atoms with Crippen molar-refractivity contribution in [3.8, 4) is 11.1 Å². The molecule has 0 radical (unpaired) electrons. The molecule has 1 saturated heterocycles. The van der Waals surface area contributed by atoms with Crippen LogP contribution in [-0.4, -0.2) is 81.6 Å². The molecular formula is C42H45N5O5S2. The normalized spacial score (nSPS) is 14.2. The van der Waals surface area contributed by atoms with Crippen LogP contribution in [0.2, 0.25) is 0 Å². The fourth-order valence-corrected chi connectivity index (χ4v) is 8.70.